The molecule has 0 aliphatic heterocycles. The van der Waals surface area contributed by atoms with Gasteiger partial charge in [0.1, 0.15) is 0 Å². The Bertz CT molecular complexity index is 327. The van der Waals surface area contributed by atoms with Crippen LogP contribution in [0.4, 0.5) is 5.69 Å². The van der Waals surface area contributed by atoms with Crippen LogP contribution in [0.1, 0.15) is 25.8 Å². The third-order valence-electron chi connectivity index (χ3n) is 3.42. The molecule has 0 heterocycles. The molecule has 1 aliphatic rings. The van der Waals surface area contributed by atoms with Crippen LogP contribution in [0.15, 0.2) is 24.3 Å². The van der Waals surface area contributed by atoms with Gasteiger partial charge in [-0.3, -0.25) is 0 Å². The molecule has 2 rings (SSSR count). The summed E-state index contributed by atoms with van der Waals surface area (Å²) < 4.78 is 0. The average Bonchev–Trinajstić information content (AvgIpc) is 2.78. The fourth-order valence-corrected chi connectivity index (χ4v) is 1.95. The van der Waals surface area contributed by atoms with Gasteiger partial charge in [-0.05, 0) is 42.0 Å². The van der Waals surface area contributed by atoms with E-state index in [0.29, 0.717) is 5.41 Å². The Balaban J connectivity index is 1.72. The fraction of sp³-hybridized carbons (Fsp3) is 0.538. The van der Waals surface area contributed by atoms with E-state index in [2.05, 4.69) is 31.3 Å². The molecule has 1 aromatic carbocycles. The van der Waals surface area contributed by atoms with E-state index in [4.69, 9.17) is 5.73 Å². The molecule has 0 saturated heterocycles. The quantitative estimate of drug-likeness (QED) is 0.739. The minimum Gasteiger partial charge on any atom is -0.399 e. The van der Waals surface area contributed by atoms with Crippen molar-refractivity contribution >= 4 is 5.69 Å². The molecular weight excluding hydrogens is 184 g/mol. The molecule has 1 aromatic rings. The summed E-state index contributed by atoms with van der Waals surface area (Å²) in [5.41, 5.74) is 8.35. The number of nitrogens with one attached hydrogen (secondary N) is 1. The van der Waals surface area contributed by atoms with Crippen LogP contribution < -0.4 is 11.1 Å². The number of hydrogen-bond donors (Lipinski definition) is 2. The molecule has 1 unspecified atom stereocenters. The maximum atomic E-state index is 5.63. The van der Waals surface area contributed by atoms with Gasteiger partial charge in [0.05, 0.1) is 0 Å². The van der Waals surface area contributed by atoms with Crippen molar-refractivity contribution in [2.75, 3.05) is 12.3 Å². The lowest BCUT2D eigenvalue weighted by Gasteiger charge is -2.06. The smallest absolute Gasteiger partial charge is 0.0314 e. The second-order valence-corrected chi connectivity index (χ2v) is 5.26. The fourth-order valence-electron chi connectivity index (χ4n) is 1.95. The summed E-state index contributed by atoms with van der Waals surface area (Å²) in [6, 6.07) is 8.08. The molecule has 0 spiro atoms. The summed E-state index contributed by atoms with van der Waals surface area (Å²) in [5.74, 6) is 0.867. The summed E-state index contributed by atoms with van der Waals surface area (Å²) in [4.78, 5) is 0. The third kappa shape index (κ3) is 2.72. The predicted molar refractivity (Wildman–Crippen MR) is 64.4 cm³/mol. The average molecular weight is 204 g/mol. The van der Waals surface area contributed by atoms with E-state index in [9.17, 15) is 0 Å². The highest BCUT2D eigenvalue weighted by Crippen LogP contribution is 2.50. The Morgan fingerprint density at radius 2 is 1.93 bits per heavy atom. The van der Waals surface area contributed by atoms with Crippen molar-refractivity contribution in [3.8, 4) is 0 Å². The second-order valence-electron chi connectivity index (χ2n) is 5.26. The molecule has 0 bridgehead atoms. The highest BCUT2D eigenvalue weighted by molar-refractivity contribution is 5.39. The Labute approximate surface area is 91.9 Å². The van der Waals surface area contributed by atoms with Crippen LogP contribution in [0, 0.1) is 11.3 Å². The van der Waals surface area contributed by atoms with Gasteiger partial charge in [0, 0.05) is 12.2 Å². The van der Waals surface area contributed by atoms with Crippen LogP contribution >= 0.6 is 0 Å². The monoisotopic (exact) mass is 204 g/mol. The van der Waals surface area contributed by atoms with Crippen LogP contribution in [0.2, 0.25) is 0 Å². The standard InChI is InChI=1S/C13H20N2/c1-13(2)7-11(13)9-15-8-10-3-5-12(14)6-4-10/h3-6,11,15H,7-9,14H2,1-2H3. The summed E-state index contributed by atoms with van der Waals surface area (Å²) in [6.07, 6.45) is 1.36. The molecule has 1 aliphatic carbocycles. The summed E-state index contributed by atoms with van der Waals surface area (Å²) in [7, 11) is 0. The molecule has 0 amide bonds. The van der Waals surface area contributed by atoms with Gasteiger partial charge in [0.2, 0.25) is 0 Å². The van der Waals surface area contributed by atoms with E-state index in [-0.39, 0.29) is 0 Å². The lowest BCUT2D eigenvalue weighted by Crippen LogP contribution is -2.18. The van der Waals surface area contributed by atoms with Gasteiger partial charge in [0.25, 0.3) is 0 Å². The number of hydrogen-bond acceptors (Lipinski definition) is 2. The molecule has 1 fully saturated rings. The zero-order chi connectivity index (χ0) is 10.9. The van der Waals surface area contributed by atoms with Gasteiger partial charge in [-0.1, -0.05) is 26.0 Å². The first-order valence-corrected chi connectivity index (χ1v) is 5.63. The number of benzene rings is 1. The number of nitrogen functional groups attached to an aromatic ring is 1. The molecule has 2 heteroatoms. The first-order chi connectivity index (χ1) is 7.08. The van der Waals surface area contributed by atoms with Gasteiger partial charge in [0.15, 0.2) is 0 Å². The molecule has 1 atom stereocenters. The first-order valence-electron chi connectivity index (χ1n) is 5.63. The van der Waals surface area contributed by atoms with Gasteiger partial charge < -0.3 is 11.1 Å². The molecule has 0 radical (unpaired) electrons. The lowest BCUT2D eigenvalue weighted by atomic mass is 10.1. The molecule has 0 aromatic heterocycles. The van der Waals surface area contributed by atoms with Crippen LogP contribution in [-0.4, -0.2) is 6.54 Å². The van der Waals surface area contributed by atoms with E-state index >= 15 is 0 Å². The Morgan fingerprint density at radius 3 is 2.47 bits per heavy atom. The number of rotatable bonds is 4. The van der Waals surface area contributed by atoms with Crippen LogP contribution in [0.3, 0.4) is 0 Å². The summed E-state index contributed by atoms with van der Waals surface area (Å²) in [5, 5.41) is 3.50. The van der Waals surface area contributed by atoms with Crippen molar-refractivity contribution in [1.82, 2.24) is 5.32 Å². The summed E-state index contributed by atoms with van der Waals surface area (Å²) >= 11 is 0. The van der Waals surface area contributed by atoms with E-state index < -0.39 is 0 Å². The molecule has 15 heavy (non-hydrogen) atoms. The maximum Gasteiger partial charge on any atom is 0.0314 e. The van der Waals surface area contributed by atoms with Crippen molar-refractivity contribution in [2.45, 2.75) is 26.8 Å². The Morgan fingerprint density at radius 1 is 1.33 bits per heavy atom. The zero-order valence-corrected chi connectivity index (χ0v) is 9.59. The number of nitrogens with two attached hydrogens (primary N) is 1. The van der Waals surface area contributed by atoms with E-state index in [1.165, 1.54) is 12.0 Å². The third-order valence-corrected chi connectivity index (χ3v) is 3.42. The van der Waals surface area contributed by atoms with E-state index in [0.717, 1.165) is 24.7 Å². The van der Waals surface area contributed by atoms with Gasteiger partial charge in [-0.2, -0.15) is 0 Å². The Kier molecular flexibility index (Phi) is 2.70. The molecular formula is C13H20N2. The highest BCUT2D eigenvalue weighted by atomic mass is 14.9. The van der Waals surface area contributed by atoms with E-state index in [1.807, 2.05) is 12.1 Å². The minimum absolute atomic E-state index is 0.577. The van der Waals surface area contributed by atoms with Crippen molar-refractivity contribution in [3.63, 3.8) is 0 Å². The second kappa shape index (κ2) is 3.86. The van der Waals surface area contributed by atoms with Crippen molar-refractivity contribution in [2.24, 2.45) is 11.3 Å². The van der Waals surface area contributed by atoms with Gasteiger partial charge in [-0.15, -0.1) is 0 Å². The topological polar surface area (TPSA) is 38.0 Å². The predicted octanol–water partition coefficient (Wildman–Crippen LogP) is 2.40. The van der Waals surface area contributed by atoms with Crippen molar-refractivity contribution < 1.29 is 0 Å². The van der Waals surface area contributed by atoms with Gasteiger partial charge in [-0.25, -0.2) is 0 Å². The molecule has 1 saturated carbocycles. The minimum atomic E-state index is 0.577. The molecule has 2 nitrogen and oxygen atoms in total. The Hall–Kier alpha value is -1.02. The maximum absolute atomic E-state index is 5.63. The zero-order valence-electron chi connectivity index (χ0n) is 9.59. The summed E-state index contributed by atoms with van der Waals surface area (Å²) in [6.45, 7) is 6.76. The van der Waals surface area contributed by atoms with Crippen LogP contribution in [0.5, 0.6) is 0 Å². The number of anilines is 1. The molecule has 82 valence electrons. The van der Waals surface area contributed by atoms with Crippen LogP contribution in [0.25, 0.3) is 0 Å². The first kappa shape index (κ1) is 10.5. The van der Waals surface area contributed by atoms with Gasteiger partial charge >= 0.3 is 0 Å². The molecule has 3 N–H and O–H groups in total. The SMILES string of the molecule is CC1(C)CC1CNCc1ccc(N)cc1. The lowest BCUT2D eigenvalue weighted by molar-refractivity contribution is 0.519. The van der Waals surface area contributed by atoms with E-state index in [1.54, 1.807) is 0 Å². The van der Waals surface area contributed by atoms with Crippen LogP contribution in [-0.2, 0) is 6.54 Å². The van der Waals surface area contributed by atoms with Crippen molar-refractivity contribution in [3.05, 3.63) is 29.8 Å². The van der Waals surface area contributed by atoms with Crippen molar-refractivity contribution in [1.29, 1.82) is 0 Å². The highest BCUT2D eigenvalue weighted by Gasteiger charge is 2.44. The normalized spacial score (nSPS) is 22.7. The largest absolute Gasteiger partial charge is 0.399 e.